The zero-order valence-corrected chi connectivity index (χ0v) is 17.7. The van der Waals surface area contributed by atoms with Crippen molar-refractivity contribution in [3.8, 4) is 0 Å². The van der Waals surface area contributed by atoms with Crippen molar-refractivity contribution in [2.75, 3.05) is 11.5 Å². The third kappa shape index (κ3) is 4.26. The van der Waals surface area contributed by atoms with Crippen molar-refractivity contribution in [1.82, 2.24) is 4.90 Å². The van der Waals surface area contributed by atoms with Gasteiger partial charge in [-0.2, -0.15) is 0 Å². The monoisotopic (exact) mass is 427 g/mol. The number of ether oxygens (including phenoxy) is 1. The lowest BCUT2D eigenvalue weighted by molar-refractivity contribution is -0.148. The molecule has 0 spiro atoms. The van der Waals surface area contributed by atoms with Crippen LogP contribution in [0.5, 0.6) is 0 Å². The second-order valence-corrected chi connectivity index (χ2v) is 10.2. The summed E-state index contributed by atoms with van der Waals surface area (Å²) in [6.45, 7) is 2.31. The van der Waals surface area contributed by atoms with Crippen molar-refractivity contribution in [2.24, 2.45) is 5.92 Å². The SMILES string of the molecule is CCc1ccc(CN(C(=O)C2=C[C@@H]3C=CC=C[C@H]3OC2=O)[C@H]2CCS(=O)(=O)C2)cc1. The lowest BCUT2D eigenvalue weighted by Crippen LogP contribution is -2.44. The fourth-order valence-corrected chi connectivity index (χ4v) is 5.83. The first-order chi connectivity index (χ1) is 14.4. The summed E-state index contributed by atoms with van der Waals surface area (Å²) in [5.74, 6) is -1.35. The Kier molecular flexibility index (Phi) is 5.64. The van der Waals surface area contributed by atoms with Crippen LogP contribution in [0.15, 0.2) is 60.2 Å². The minimum absolute atomic E-state index is 0.0225. The Morgan fingerprint density at radius 3 is 2.50 bits per heavy atom. The molecule has 3 aliphatic rings. The highest BCUT2D eigenvalue weighted by atomic mass is 32.2. The summed E-state index contributed by atoms with van der Waals surface area (Å²) < 4.78 is 29.6. The van der Waals surface area contributed by atoms with Crippen LogP contribution in [0.4, 0.5) is 0 Å². The number of sulfone groups is 1. The Morgan fingerprint density at radius 1 is 1.13 bits per heavy atom. The molecule has 2 heterocycles. The van der Waals surface area contributed by atoms with Gasteiger partial charge >= 0.3 is 5.97 Å². The van der Waals surface area contributed by atoms with Gasteiger partial charge in [0.2, 0.25) is 0 Å². The van der Waals surface area contributed by atoms with Crippen molar-refractivity contribution in [3.05, 3.63) is 71.3 Å². The molecule has 1 fully saturated rings. The molecule has 1 aliphatic carbocycles. The molecule has 1 aromatic carbocycles. The van der Waals surface area contributed by atoms with Gasteiger partial charge in [-0.05, 0) is 30.0 Å². The molecule has 4 rings (SSSR count). The molecule has 158 valence electrons. The highest BCUT2D eigenvalue weighted by molar-refractivity contribution is 7.91. The van der Waals surface area contributed by atoms with E-state index in [-0.39, 0.29) is 29.5 Å². The Bertz CT molecular complexity index is 1040. The van der Waals surface area contributed by atoms with E-state index in [9.17, 15) is 18.0 Å². The average Bonchev–Trinajstić information content (AvgIpc) is 3.10. The van der Waals surface area contributed by atoms with Crippen molar-refractivity contribution in [3.63, 3.8) is 0 Å². The lowest BCUT2D eigenvalue weighted by Gasteiger charge is -2.32. The van der Waals surface area contributed by atoms with Crippen LogP contribution in [0.3, 0.4) is 0 Å². The predicted molar refractivity (Wildman–Crippen MR) is 113 cm³/mol. The van der Waals surface area contributed by atoms with E-state index in [1.54, 1.807) is 12.2 Å². The van der Waals surface area contributed by atoms with Gasteiger partial charge in [0.15, 0.2) is 9.84 Å². The highest BCUT2D eigenvalue weighted by Gasteiger charge is 2.40. The van der Waals surface area contributed by atoms with Crippen molar-refractivity contribution >= 4 is 21.7 Å². The molecule has 0 saturated carbocycles. The topological polar surface area (TPSA) is 80.8 Å². The number of allylic oxidation sites excluding steroid dienone is 2. The molecule has 1 aromatic rings. The van der Waals surface area contributed by atoms with Crippen molar-refractivity contribution in [2.45, 2.75) is 38.5 Å². The summed E-state index contributed by atoms with van der Waals surface area (Å²) in [7, 11) is -3.19. The number of hydrogen-bond acceptors (Lipinski definition) is 5. The van der Waals surface area contributed by atoms with Gasteiger partial charge in [-0.25, -0.2) is 13.2 Å². The molecule has 1 saturated heterocycles. The Morgan fingerprint density at radius 2 is 1.83 bits per heavy atom. The van der Waals surface area contributed by atoms with Crippen LogP contribution in [0.2, 0.25) is 0 Å². The quantitative estimate of drug-likeness (QED) is 0.532. The van der Waals surface area contributed by atoms with Crippen LogP contribution in [-0.4, -0.2) is 48.8 Å². The van der Waals surface area contributed by atoms with Gasteiger partial charge in [-0.1, -0.05) is 55.5 Å². The molecule has 3 atom stereocenters. The van der Waals surface area contributed by atoms with Crippen LogP contribution in [-0.2, 0) is 37.1 Å². The van der Waals surface area contributed by atoms with Gasteiger partial charge in [0.05, 0.1) is 11.5 Å². The fourth-order valence-electron chi connectivity index (χ4n) is 4.10. The second-order valence-electron chi connectivity index (χ2n) is 7.96. The van der Waals surface area contributed by atoms with Crippen molar-refractivity contribution in [1.29, 1.82) is 0 Å². The number of benzene rings is 1. The number of fused-ring (bicyclic) bond motifs is 1. The highest BCUT2D eigenvalue weighted by Crippen LogP contribution is 2.28. The zero-order valence-electron chi connectivity index (χ0n) is 16.9. The molecule has 0 aromatic heterocycles. The maximum atomic E-state index is 13.4. The lowest BCUT2D eigenvalue weighted by atomic mass is 9.92. The normalized spacial score (nSPS) is 26.6. The minimum Gasteiger partial charge on any atom is -0.453 e. The molecule has 0 N–H and O–H groups in total. The second kappa shape index (κ2) is 8.22. The number of hydrogen-bond donors (Lipinski definition) is 0. The number of aryl methyl sites for hydroxylation is 1. The molecular weight excluding hydrogens is 402 g/mol. The number of nitrogens with zero attached hydrogens (tertiary/aromatic N) is 1. The van der Waals surface area contributed by atoms with E-state index in [0.717, 1.165) is 12.0 Å². The Balaban J connectivity index is 1.63. The first-order valence-electron chi connectivity index (χ1n) is 10.2. The van der Waals surface area contributed by atoms with E-state index < -0.39 is 33.9 Å². The van der Waals surface area contributed by atoms with Gasteiger partial charge in [0, 0.05) is 18.5 Å². The molecule has 2 aliphatic heterocycles. The van der Waals surface area contributed by atoms with Crippen LogP contribution in [0.1, 0.15) is 24.5 Å². The number of rotatable bonds is 5. The standard InChI is InChI=1S/C23H25NO5S/c1-2-16-7-9-17(10-8-16)14-24(19-11-12-30(27,28)15-19)22(25)20-13-18-5-3-4-6-21(18)29-23(20)26/h3-10,13,18-19,21H,2,11-12,14-15H2,1H3/t18-,19-,21+/m0/s1. The predicted octanol–water partition coefficient (Wildman–Crippen LogP) is 2.36. The maximum Gasteiger partial charge on any atom is 0.344 e. The molecular formula is C23H25NO5S. The maximum absolute atomic E-state index is 13.4. The first-order valence-corrected chi connectivity index (χ1v) is 12.1. The summed E-state index contributed by atoms with van der Waals surface area (Å²) >= 11 is 0. The summed E-state index contributed by atoms with van der Waals surface area (Å²) in [4.78, 5) is 27.5. The van der Waals surface area contributed by atoms with Gasteiger partial charge in [-0.3, -0.25) is 4.79 Å². The molecule has 7 heteroatoms. The van der Waals surface area contributed by atoms with Crippen LogP contribution < -0.4 is 0 Å². The fraction of sp³-hybridized carbons (Fsp3) is 0.391. The molecule has 0 bridgehead atoms. The molecule has 1 amide bonds. The summed E-state index contributed by atoms with van der Waals surface area (Å²) in [5.41, 5.74) is 2.06. The van der Waals surface area contributed by atoms with Gasteiger partial charge in [0.1, 0.15) is 11.7 Å². The van der Waals surface area contributed by atoms with E-state index in [4.69, 9.17) is 4.74 Å². The average molecular weight is 428 g/mol. The largest absolute Gasteiger partial charge is 0.453 e. The third-order valence-electron chi connectivity index (χ3n) is 5.87. The van der Waals surface area contributed by atoms with E-state index in [0.29, 0.717) is 6.42 Å². The van der Waals surface area contributed by atoms with Gasteiger partial charge in [-0.15, -0.1) is 0 Å². The van der Waals surface area contributed by atoms with Crippen LogP contribution in [0.25, 0.3) is 0 Å². The summed E-state index contributed by atoms with van der Waals surface area (Å²) in [5, 5.41) is 0. The summed E-state index contributed by atoms with van der Waals surface area (Å²) in [6.07, 6.45) is 9.87. The smallest absolute Gasteiger partial charge is 0.344 e. The molecule has 0 unspecified atom stereocenters. The van der Waals surface area contributed by atoms with E-state index in [1.807, 2.05) is 42.5 Å². The number of carbonyl (C=O) groups excluding carboxylic acids is 2. The molecule has 6 nitrogen and oxygen atoms in total. The molecule has 30 heavy (non-hydrogen) atoms. The molecule has 0 radical (unpaired) electrons. The van der Waals surface area contributed by atoms with Crippen molar-refractivity contribution < 1.29 is 22.7 Å². The van der Waals surface area contributed by atoms with Crippen LogP contribution >= 0.6 is 0 Å². The Hall–Kier alpha value is -2.67. The zero-order chi connectivity index (χ0) is 21.3. The number of carbonyl (C=O) groups is 2. The van der Waals surface area contributed by atoms with E-state index in [1.165, 1.54) is 10.5 Å². The van der Waals surface area contributed by atoms with Crippen LogP contribution in [0, 0.1) is 5.92 Å². The Labute approximate surface area is 176 Å². The van der Waals surface area contributed by atoms with Gasteiger partial charge < -0.3 is 9.64 Å². The number of esters is 1. The minimum atomic E-state index is -3.19. The summed E-state index contributed by atoms with van der Waals surface area (Å²) in [6, 6.07) is 7.44. The third-order valence-corrected chi connectivity index (χ3v) is 7.62. The van der Waals surface area contributed by atoms with E-state index >= 15 is 0 Å². The number of amides is 1. The van der Waals surface area contributed by atoms with E-state index in [2.05, 4.69) is 6.92 Å². The van der Waals surface area contributed by atoms with Gasteiger partial charge in [0.25, 0.3) is 5.91 Å². The first kappa shape index (κ1) is 20.6.